The van der Waals surface area contributed by atoms with Crippen LogP contribution in [0.25, 0.3) is 0 Å². The Morgan fingerprint density at radius 2 is 1.59 bits per heavy atom. The monoisotopic (exact) mass is 266 g/mol. The first kappa shape index (κ1) is 16.9. The Balaban J connectivity index is 3.53. The summed E-state index contributed by atoms with van der Waals surface area (Å²) in [6.45, 7) is 5.98. The summed E-state index contributed by atoms with van der Waals surface area (Å²) in [4.78, 5) is 0. The predicted octanol–water partition coefficient (Wildman–Crippen LogP) is 3.42. The van der Waals surface area contributed by atoms with E-state index in [-0.39, 0.29) is 12.7 Å². The van der Waals surface area contributed by atoms with Gasteiger partial charge in [-0.3, -0.25) is 0 Å². The fourth-order valence-corrected chi connectivity index (χ4v) is 2.26. The average Bonchev–Trinajstić information content (AvgIpc) is 2.27. The molecule has 0 aromatic carbocycles. The Hall–Kier alpha value is -0.130. The lowest BCUT2D eigenvalue weighted by Gasteiger charge is -2.10. The molecule has 0 aromatic heterocycles. The second-order valence-electron chi connectivity index (χ2n) is 4.31. The highest BCUT2D eigenvalue weighted by Crippen LogP contribution is 2.08. The number of rotatable bonds is 11. The maximum absolute atomic E-state index is 11.3. The van der Waals surface area contributed by atoms with Crippen LogP contribution in [0, 0.1) is 0 Å². The third-order valence-electron chi connectivity index (χ3n) is 2.58. The standard InChI is InChI=1S/C12H26O4S/c1-4-6-7-8-9-10-11-15-17(13,14)16-12(3)5-2/h12H,4-11H2,1-3H3. The molecule has 0 bridgehead atoms. The van der Waals surface area contributed by atoms with E-state index in [2.05, 4.69) is 6.92 Å². The normalized spacial score (nSPS) is 13.8. The van der Waals surface area contributed by atoms with Gasteiger partial charge in [-0.2, -0.15) is 8.42 Å². The van der Waals surface area contributed by atoms with Crippen molar-refractivity contribution in [2.75, 3.05) is 6.61 Å². The van der Waals surface area contributed by atoms with E-state index in [0.717, 1.165) is 19.3 Å². The summed E-state index contributed by atoms with van der Waals surface area (Å²) in [6, 6.07) is 0. The smallest absolute Gasteiger partial charge is 0.248 e. The van der Waals surface area contributed by atoms with Gasteiger partial charge in [-0.1, -0.05) is 46.0 Å². The van der Waals surface area contributed by atoms with E-state index in [0.29, 0.717) is 6.42 Å². The van der Waals surface area contributed by atoms with Crippen molar-refractivity contribution >= 4 is 10.4 Å². The molecule has 1 atom stereocenters. The largest absolute Gasteiger partial charge is 0.400 e. The van der Waals surface area contributed by atoms with Crippen molar-refractivity contribution in [2.45, 2.75) is 71.8 Å². The summed E-state index contributed by atoms with van der Waals surface area (Å²) in [7, 11) is -3.79. The molecular formula is C12H26O4S. The highest BCUT2D eigenvalue weighted by molar-refractivity contribution is 7.81. The fraction of sp³-hybridized carbons (Fsp3) is 1.00. The summed E-state index contributed by atoms with van der Waals surface area (Å²) in [5.41, 5.74) is 0. The van der Waals surface area contributed by atoms with Crippen molar-refractivity contribution in [2.24, 2.45) is 0 Å². The molecule has 0 spiro atoms. The first-order chi connectivity index (χ1) is 8.02. The molecule has 0 N–H and O–H groups in total. The summed E-state index contributed by atoms with van der Waals surface area (Å²) in [5, 5.41) is 0. The molecule has 0 aliphatic heterocycles. The van der Waals surface area contributed by atoms with Gasteiger partial charge in [-0.05, 0) is 19.8 Å². The van der Waals surface area contributed by atoms with Crippen LogP contribution in [0.1, 0.15) is 65.7 Å². The Morgan fingerprint density at radius 1 is 1.00 bits per heavy atom. The Morgan fingerprint density at radius 3 is 2.18 bits per heavy atom. The average molecular weight is 266 g/mol. The van der Waals surface area contributed by atoms with Crippen LogP contribution in [0.3, 0.4) is 0 Å². The molecule has 0 heterocycles. The van der Waals surface area contributed by atoms with Crippen molar-refractivity contribution in [3.63, 3.8) is 0 Å². The first-order valence-electron chi connectivity index (χ1n) is 6.59. The lowest BCUT2D eigenvalue weighted by molar-refractivity contribution is 0.163. The van der Waals surface area contributed by atoms with Crippen molar-refractivity contribution in [1.82, 2.24) is 0 Å². The Bertz CT molecular complexity index is 262. The zero-order valence-electron chi connectivity index (χ0n) is 11.3. The molecule has 0 aromatic rings. The minimum Gasteiger partial charge on any atom is -0.248 e. The molecule has 0 aliphatic rings. The van der Waals surface area contributed by atoms with E-state index in [1.807, 2.05) is 6.92 Å². The van der Waals surface area contributed by atoms with Crippen LogP contribution in [-0.2, 0) is 18.8 Å². The van der Waals surface area contributed by atoms with Crippen molar-refractivity contribution < 1.29 is 16.8 Å². The lowest BCUT2D eigenvalue weighted by Crippen LogP contribution is -2.17. The number of hydrogen-bond donors (Lipinski definition) is 0. The maximum atomic E-state index is 11.3. The molecule has 0 saturated heterocycles. The molecule has 0 radical (unpaired) electrons. The second kappa shape index (κ2) is 9.85. The van der Waals surface area contributed by atoms with E-state index in [1.165, 1.54) is 19.3 Å². The molecule has 17 heavy (non-hydrogen) atoms. The first-order valence-corrected chi connectivity index (χ1v) is 7.92. The third-order valence-corrected chi connectivity index (χ3v) is 3.60. The van der Waals surface area contributed by atoms with Crippen LogP contribution in [-0.4, -0.2) is 21.1 Å². The molecule has 104 valence electrons. The van der Waals surface area contributed by atoms with Gasteiger partial charge in [-0.25, -0.2) is 8.37 Å². The second-order valence-corrected chi connectivity index (χ2v) is 5.56. The van der Waals surface area contributed by atoms with Gasteiger partial charge in [0.15, 0.2) is 0 Å². The summed E-state index contributed by atoms with van der Waals surface area (Å²) < 4.78 is 32.1. The molecule has 0 saturated carbocycles. The van der Waals surface area contributed by atoms with Crippen LogP contribution in [0.2, 0.25) is 0 Å². The van der Waals surface area contributed by atoms with E-state index < -0.39 is 10.4 Å². The van der Waals surface area contributed by atoms with Crippen molar-refractivity contribution in [3.05, 3.63) is 0 Å². The van der Waals surface area contributed by atoms with Crippen LogP contribution in [0.4, 0.5) is 0 Å². The van der Waals surface area contributed by atoms with E-state index in [4.69, 9.17) is 8.37 Å². The Kier molecular flexibility index (Phi) is 9.78. The quantitative estimate of drug-likeness (QED) is 0.538. The van der Waals surface area contributed by atoms with Crippen molar-refractivity contribution in [1.29, 1.82) is 0 Å². The maximum Gasteiger partial charge on any atom is 0.400 e. The molecule has 0 amide bonds. The minimum absolute atomic E-state index is 0.227. The molecular weight excluding hydrogens is 240 g/mol. The molecule has 1 unspecified atom stereocenters. The molecule has 5 heteroatoms. The van der Waals surface area contributed by atoms with Gasteiger partial charge in [0.1, 0.15) is 0 Å². The fourth-order valence-electron chi connectivity index (χ4n) is 1.34. The molecule has 0 rings (SSSR count). The highest BCUT2D eigenvalue weighted by Gasteiger charge is 2.15. The van der Waals surface area contributed by atoms with Gasteiger partial charge < -0.3 is 0 Å². The van der Waals surface area contributed by atoms with Crippen LogP contribution in [0.15, 0.2) is 0 Å². The summed E-state index contributed by atoms with van der Waals surface area (Å²) >= 11 is 0. The van der Waals surface area contributed by atoms with Crippen molar-refractivity contribution in [3.8, 4) is 0 Å². The number of hydrogen-bond acceptors (Lipinski definition) is 4. The van der Waals surface area contributed by atoms with E-state index >= 15 is 0 Å². The summed E-state index contributed by atoms with van der Waals surface area (Å²) in [6.07, 6.45) is 6.94. The van der Waals surface area contributed by atoms with Crippen LogP contribution >= 0.6 is 0 Å². The van der Waals surface area contributed by atoms with E-state index in [1.54, 1.807) is 6.92 Å². The van der Waals surface area contributed by atoms with Gasteiger partial charge in [0.05, 0.1) is 12.7 Å². The minimum atomic E-state index is -3.79. The molecule has 0 fully saturated rings. The number of unbranched alkanes of at least 4 members (excludes halogenated alkanes) is 5. The van der Waals surface area contributed by atoms with Gasteiger partial charge in [0, 0.05) is 0 Å². The van der Waals surface area contributed by atoms with Gasteiger partial charge in [0.25, 0.3) is 0 Å². The summed E-state index contributed by atoms with van der Waals surface area (Å²) in [5.74, 6) is 0. The molecule has 0 aliphatic carbocycles. The van der Waals surface area contributed by atoms with Gasteiger partial charge in [-0.15, -0.1) is 0 Å². The molecule has 4 nitrogen and oxygen atoms in total. The lowest BCUT2D eigenvalue weighted by atomic mass is 10.1. The predicted molar refractivity (Wildman–Crippen MR) is 69.1 cm³/mol. The van der Waals surface area contributed by atoms with E-state index in [9.17, 15) is 8.42 Å². The topological polar surface area (TPSA) is 52.6 Å². The zero-order valence-corrected chi connectivity index (χ0v) is 12.1. The zero-order chi connectivity index (χ0) is 13.1. The van der Waals surface area contributed by atoms with Crippen LogP contribution in [0.5, 0.6) is 0 Å². The SMILES string of the molecule is CCCCCCCCOS(=O)(=O)OC(C)CC. The van der Waals surface area contributed by atoms with Crippen LogP contribution < -0.4 is 0 Å². The van der Waals surface area contributed by atoms with Gasteiger partial charge in [0.2, 0.25) is 0 Å². The third kappa shape index (κ3) is 10.7. The van der Waals surface area contributed by atoms with Gasteiger partial charge >= 0.3 is 10.4 Å². The Labute approximate surface area is 106 Å². The highest BCUT2D eigenvalue weighted by atomic mass is 32.3.